The van der Waals surface area contributed by atoms with Gasteiger partial charge >= 0.3 is 5.97 Å². The molecule has 1 amide bonds. The van der Waals surface area contributed by atoms with Gasteiger partial charge in [-0.05, 0) is 67.7 Å². The van der Waals surface area contributed by atoms with Crippen LogP contribution in [0.2, 0.25) is 0 Å². The molecule has 0 aromatic heterocycles. The zero-order valence-corrected chi connectivity index (χ0v) is 13.1. The lowest BCUT2D eigenvalue weighted by Gasteiger charge is -2.32. The van der Waals surface area contributed by atoms with Crippen molar-refractivity contribution in [3.8, 4) is 0 Å². The number of hydrogen-bond acceptors (Lipinski definition) is 3. The largest absolute Gasteiger partial charge is 0.465 e. The molecule has 4 nitrogen and oxygen atoms in total. The average Bonchev–Trinajstić information content (AvgIpc) is 3.45. The first kappa shape index (κ1) is 13.8. The Labute approximate surface area is 130 Å². The van der Waals surface area contributed by atoms with E-state index in [-0.39, 0.29) is 11.9 Å². The van der Waals surface area contributed by atoms with E-state index >= 15 is 0 Å². The third-order valence-corrected chi connectivity index (χ3v) is 5.54. The number of fused-ring (bicyclic) bond motifs is 1. The van der Waals surface area contributed by atoms with Crippen molar-refractivity contribution >= 4 is 17.6 Å². The number of rotatable bonds is 2. The highest BCUT2D eigenvalue weighted by atomic mass is 16.5. The number of ether oxygens (including phenoxy) is 1. The maximum atomic E-state index is 12.8. The highest BCUT2D eigenvalue weighted by Gasteiger charge is 2.66. The standard InChI is InChI=1S/C18H21NO3/c1-11-8-13(17(21)22-2)9-12-4-3-7-19(15(11)12)16(20)14-10-18(14)5-6-18/h8-9,14H,3-7,10H2,1-2H3. The Morgan fingerprint density at radius 2 is 2.09 bits per heavy atom. The summed E-state index contributed by atoms with van der Waals surface area (Å²) in [5.74, 6) is 0.235. The van der Waals surface area contributed by atoms with Crippen LogP contribution in [0.15, 0.2) is 12.1 Å². The number of amides is 1. The Morgan fingerprint density at radius 1 is 1.32 bits per heavy atom. The summed E-state index contributed by atoms with van der Waals surface area (Å²) in [4.78, 5) is 26.6. The molecule has 1 aromatic carbocycles. The van der Waals surface area contributed by atoms with Crippen LogP contribution in [0.5, 0.6) is 0 Å². The molecule has 0 radical (unpaired) electrons. The monoisotopic (exact) mass is 299 g/mol. The molecule has 4 rings (SSSR count). The second-order valence-electron chi connectivity index (χ2n) is 7.00. The van der Waals surface area contributed by atoms with Crippen LogP contribution in [0.4, 0.5) is 5.69 Å². The number of aryl methyl sites for hydroxylation is 2. The number of carbonyl (C=O) groups excluding carboxylic acids is 2. The minimum atomic E-state index is -0.312. The van der Waals surface area contributed by atoms with Crippen LogP contribution in [0, 0.1) is 18.3 Å². The molecule has 2 saturated carbocycles. The first-order valence-electron chi connectivity index (χ1n) is 8.09. The third kappa shape index (κ3) is 1.97. The number of hydrogen-bond donors (Lipinski definition) is 0. The van der Waals surface area contributed by atoms with Gasteiger partial charge in [-0.25, -0.2) is 4.79 Å². The number of nitrogens with zero attached hydrogens (tertiary/aromatic N) is 1. The van der Waals surface area contributed by atoms with Crippen LogP contribution < -0.4 is 4.90 Å². The predicted octanol–water partition coefficient (Wildman–Crippen LogP) is 2.86. The summed E-state index contributed by atoms with van der Waals surface area (Å²) in [5.41, 5.74) is 4.10. The second-order valence-corrected chi connectivity index (χ2v) is 7.00. The molecule has 0 N–H and O–H groups in total. The van der Waals surface area contributed by atoms with Crippen LogP contribution in [0.1, 0.15) is 47.2 Å². The van der Waals surface area contributed by atoms with Gasteiger partial charge in [-0.2, -0.15) is 0 Å². The van der Waals surface area contributed by atoms with Crippen molar-refractivity contribution < 1.29 is 14.3 Å². The topological polar surface area (TPSA) is 46.6 Å². The number of esters is 1. The molecule has 1 spiro atoms. The Bertz CT molecular complexity index is 675. The van der Waals surface area contributed by atoms with E-state index in [1.807, 2.05) is 24.0 Å². The van der Waals surface area contributed by atoms with Gasteiger partial charge in [0.2, 0.25) is 5.91 Å². The number of carbonyl (C=O) groups is 2. The molecule has 1 heterocycles. The molecule has 2 fully saturated rings. The average molecular weight is 299 g/mol. The van der Waals surface area contributed by atoms with Crippen LogP contribution in [0.3, 0.4) is 0 Å². The molecule has 2 aliphatic carbocycles. The van der Waals surface area contributed by atoms with Crippen molar-refractivity contribution in [3.63, 3.8) is 0 Å². The van der Waals surface area contributed by atoms with Gasteiger partial charge in [-0.3, -0.25) is 4.79 Å². The van der Waals surface area contributed by atoms with E-state index in [0.29, 0.717) is 16.9 Å². The molecule has 1 aromatic rings. The highest BCUT2D eigenvalue weighted by molar-refractivity contribution is 6.00. The fraction of sp³-hybridized carbons (Fsp3) is 0.556. The Balaban J connectivity index is 1.68. The van der Waals surface area contributed by atoms with Crippen molar-refractivity contribution in [1.29, 1.82) is 0 Å². The van der Waals surface area contributed by atoms with E-state index in [4.69, 9.17) is 4.74 Å². The SMILES string of the molecule is COC(=O)c1cc(C)c2c(c1)CCCN2C(=O)C1CC12CC2. The lowest BCUT2D eigenvalue weighted by molar-refractivity contribution is -0.120. The molecular weight excluding hydrogens is 278 g/mol. The van der Waals surface area contributed by atoms with Gasteiger partial charge < -0.3 is 9.64 Å². The second kappa shape index (κ2) is 4.58. The lowest BCUT2D eigenvalue weighted by atomic mass is 9.95. The fourth-order valence-electron chi connectivity index (χ4n) is 4.02. The molecule has 116 valence electrons. The Hall–Kier alpha value is -1.84. The molecule has 0 bridgehead atoms. The van der Waals surface area contributed by atoms with Crippen molar-refractivity contribution in [3.05, 3.63) is 28.8 Å². The number of methoxy groups -OCH3 is 1. The summed E-state index contributed by atoms with van der Waals surface area (Å²) in [6.45, 7) is 2.79. The summed E-state index contributed by atoms with van der Waals surface area (Å²) in [5, 5.41) is 0. The third-order valence-electron chi connectivity index (χ3n) is 5.54. The fourth-order valence-corrected chi connectivity index (χ4v) is 4.02. The zero-order chi connectivity index (χ0) is 15.5. The Morgan fingerprint density at radius 3 is 2.73 bits per heavy atom. The van der Waals surface area contributed by atoms with Crippen LogP contribution in [-0.4, -0.2) is 25.5 Å². The van der Waals surface area contributed by atoms with E-state index in [0.717, 1.165) is 42.6 Å². The number of benzene rings is 1. The van der Waals surface area contributed by atoms with Crippen molar-refractivity contribution in [2.45, 2.75) is 39.0 Å². The van der Waals surface area contributed by atoms with Crippen molar-refractivity contribution in [1.82, 2.24) is 0 Å². The van der Waals surface area contributed by atoms with Gasteiger partial charge in [-0.1, -0.05) is 0 Å². The normalized spacial score (nSPS) is 23.9. The molecule has 0 saturated heterocycles. The van der Waals surface area contributed by atoms with E-state index in [2.05, 4.69) is 0 Å². The van der Waals surface area contributed by atoms with Gasteiger partial charge in [0.25, 0.3) is 0 Å². The van der Waals surface area contributed by atoms with Crippen LogP contribution in [0.25, 0.3) is 0 Å². The minimum absolute atomic E-state index is 0.248. The molecule has 3 aliphatic rings. The van der Waals surface area contributed by atoms with E-state index in [1.165, 1.54) is 20.0 Å². The maximum absolute atomic E-state index is 12.8. The van der Waals surface area contributed by atoms with Crippen molar-refractivity contribution in [2.75, 3.05) is 18.6 Å². The predicted molar refractivity (Wildman–Crippen MR) is 83.0 cm³/mol. The molecule has 4 heteroatoms. The summed E-state index contributed by atoms with van der Waals surface area (Å²) in [7, 11) is 1.40. The molecule has 1 atom stereocenters. The van der Waals surface area contributed by atoms with E-state index < -0.39 is 0 Å². The summed E-state index contributed by atoms with van der Waals surface area (Å²) in [6, 6.07) is 3.74. The zero-order valence-electron chi connectivity index (χ0n) is 13.1. The summed E-state index contributed by atoms with van der Waals surface area (Å²) in [6.07, 6.45) is 5.41. The van der Waals surface area contributed by atoms with Gasteiger partial charge in [-0.15, -0.1) is 0 Å². The van der Waals surface area contributed by atoms with Crippen LogP contribution >= 0.6 is 0 Å². The molecule has 1 aliphatic heterocycles. The van der Waals surface area contributed by atoms with Gasteiger partial charge in [0.15, 0.2) is 0 Å². The van der Waals surface area contributed by atoms with E-state index in [1.54, 1.807) is 0 Å². The summed E-state index contributed by atoms with van der Waals surface area (Å²) < 4.78 is 4.82. The van der Waals surface area contributed by atoms with Gasteiger partial charge in [0, 0.05) is 18.2 Å². The van der Waals surface area contributed by atoms with Gasteiger partial charge in [0.05, 0.1) is 12.7 Å². The first-order chi connectivity index (χ1) is 10.6. The minimum Gasteiger partial charge on any atom is -0.465 e. The van der Waals surface area contributed by atoms with Crippen LogP contribution in [-0.2, 0) is 16.0 Å². The lowest BCUT2D eigenvalue weighted by Crippen LogP contribution is -2.37. The van der Waals surface area contributed by atoms with E-state index in [9.17, 15) is 9.59 Å². The summed E-state index contributed by atoms with van der Waals surface area (Å²) >= 11 is 0. The van der Waals surface area contributed by atoms with Gasteiger partial charge in [0.1, 0.15) is 0 Å². The van der Waals surface area contributed by atoms with Crippen molar-refractivity contribution in [2.24, 2.45) is 11.3 Å². The smallest absolute Gasteiger partial charge is 0.337 e. The molecular formula is C18H21NO3. The molecule has 22 heavy (non-hydrogen) atoms. The quantitative estimate of drug-likeness (QED) is 0.789. The first-order valence-corrected chi connectivity index (χ1v) is 8.09. The maximum Gasteiger partial charge on any atom is 0.337 e. The number of anilines is 1. The molecule has 1 unspecified atom stereocenters. The Kier molecular flexibility index (Phi) is 2.87. The highest BCUT2D eigenvalue weighted by Crippen LogP contribution is 2.71.